The molecule has 7 nitrogen and oxygen atoms in total. The summed E-state index contributed by atoms with van der Waals surface area (Å²) in [5, 5.41) is 13.4. The first-order valence-electron chi connectivity index (χ1n) is 9.45. The molecular weight excluding hydrogens is 322 g/mol. The average Bonchev–Trinajstić information content (AvgIpc) is 3.19. The van der Waals surface area contributed by atoms with Crippen LogP contribution in [0.3, 0.4) is 0 Å². The third-order valence-corrected chi connectivity index (χ3v) is 5.43. The molecule has 1 saturated heterocycles. The fourth-order valence-electron chi connectivity index (χ4n) is 4.28. The molecule has 1 aliphatic heterocycles. The van der Waals surface area contributed by atoms with Crippen LogP contribution in [0.2, 0.25) is 0 Å². The van der Waals surface area contributed by atoms with Crippen LogP contribution in [0.1, 0.15) is 70.0 Å². The van der Waals surface area contributed by atoms with Crippen LogP contribution in [0.5, 0.6) is 0 Å². The third-order valence-electron chi connectivity index (χ3n) is 5.43. The summed E-state index contributed by atoms with van der Waals surface area (Å²) in [6, 6.07) is -0.540. The van der Waals surface area contributed by atoms with Crippen LogP contribution in [-0.4, -0.2) is 44.1 Å². The number of carbonyl (C=O) groups is 2. The summed E-state index contributed by atoms with van der Waals surface area (Å²) in [5.74, 6) is 0.702. The van der Waals surface area contributed by atoms with Gasteiger partial charge in [-0.1, -0.05) is 24.9 Å². The lowest BCUT2D eigenvalue weighted by atomic mass is 9.84. The van der Waals surface area contributed by atoms with Crippen LogP contribution >= 0.6 is 0 Å². The van der Waals surface area contributed by atoms with Crippen LogP contribution in [-0.2, 0) is 22.4 Å². The average molecular weight is 349 g/mol. The minimum atomic E-state index is -0.871. The second kappa shape index (κ2) is 7.97. The number of aliphatic carboxylic acids is 1. The van der Waals surface area contributed by atoms with Gasteiger partial charge in [0.15, 0.2) is 5.82 Å². The zero-order valence-corrected chi connectivity index (χ0v) is 14.8. The van der Waals surface area contributed by atoms with E-state index in [0.29, 0.717) is 43.3 Å². The Kier molecular flexibility index (Phi) is 5.71. The van der Waals surface area contributed by atoms with Crippen LogP contribution in [0.15, 0.2) is 4.52 Å². The molecule has 3 rings (SSSR count). The Morgan fingerprint density at radius 2 is 2.08 bits per heavy atom. The van der Waals surface area contributed by atoms with Crippen molar-refractivity contribution in [1.29, 1.82) is 0 Å². The van der Waals surface area contributed by atoms with Crippen LogP contribution in [0, 0.1) is 5.92 Å². The number of hydrogen-bond donors (Lipinski definition) is 1. The molecule has 0 radical (unpaired) electrons. The Labute approximate surface area is 147 Å². The fraction of sp³-hybridized carbons (Fsp3) is 0.778. The number of hydrogen-bond acceptors (Lipinski definition) is 5. The van der Waals surface area contributed by atoms with Crippen molar-refractivity contribution in [2.24, 2.45) is 5.92 Å². The molecule has 0 bridgehead atoms. The molecule has 1 saturated carbocycles. The summed E-state index contributed by atoms with van der Waals surface area (Å²) in [7, 11) is 0. The third kappa shape index (κ3) is 4.02. The summed E-state index contributed by atoms with van der Waals surface area (Å²) < 4.78 is 5.19. The Hall–Kier alpha value is -1.92. The van der Waals surface area contributed by atoms with Gasteiger partial charge in [0.2, 0.25) is 11.8 Å². The lowest BCUT2D eigenvalue weighted by molar-refractivity contribution is -0.149. The fourth-order valence-corrected chi connectivity index (χ4v) is 4.28. The van der Waals surface area contributed by atoms with Crippen molar-refractivity contribution in [3.8, 4) is 0 Å². The maximum absolute atomic E-state index is 12.7. The van der Waals surface area contributed by atoms with Gasteiger partial charge in [-0.25, -0.2) is 4.79 Å². The maximum Gasteiger partial charge on any atom is 0.326 e. The summed E-state index contributed by atoms with van der Waals surface area (Å²) in [6.07, 6.45) is 8.06. The molecule has 1 aromatic rings. The van der Waals surface area contributed by atoms with E-state index >= 15 is 0 Å². The molecule has 1 aliphatic carbocycles. The molecule has 2 aliphatic rings. The second-order valence-corrected chi connectivity index (χ2v) is 7.21. The molecule has 1 amide bonds. The summed E-state index contributed by atoms with van der Waals surface area (Å²) in [4.78, 5) is 30.3. The topological polar surface area (TPSA) is 96.5 Å². The van der Waals surface area contributed by atoms with E-state index in [-0.39, 0.29) is 11.9 Å². The maximum atomic E-state index is 12.7. The second-order valence-electron chi connectivity index (χ2n) is 7.21. The Morgan fingerprint density at radius 3 is 2.84 bits per heavy atom. The number of carboxylic acids is 1. The minimum absolute atomic E-state index is 0.0462. The van der Waals surface area contributed by atoms with Gasteiger partial charge in [-0.3, -0.25) is 4.79 Å². The molecule has 0 unspecified atom stereocenters. The number of likely N-dealkylation sites (tertiary alicyclic amines) is 1. The number of fused-ring (bicyclic) bond motifs is 1. The van der Waals surface area contributed by atoms with Gasteiger partial charge >= 0.3 is 5.97 Å². The quantitative estimate of drug-likeness (QED) is 0.813. The van der Waals surface area contributed by atoms with Crippen LogP contribution in [0.25, 0.3) is 0 Å². The predicted octanol–water partition coefficient (Wildman–Crippen LogP) is 2.59. The highest BCUT2D eigenvalue weighted by Crippen LogP contribution is 2.40. The molecule has 2 heterocycles. The van der Waals surface area contributed by atoms with E-state index in [1.165, 1.54) is 0 Å². The van der Waals surface area contributed by atoms with Crippen molar-refractivity contribution in [3.63, 3.8) is 0 Å². The molecule has 25 heavy (non-hydrogen) atoms. The highest BCUT2D eigenvalue weighted by atomic mass is 16.5. The van der Waals surface area contributed by atoms with Gasteiger partial charge in [0.05, 0.1) is 0 Å². The normalized spacial score (nSPS) is 25.8. The van der Waals surface area contributed by atoms with E-state index in [1.54, 1.807) is 4.90 Å². The molecule has 0 aromatic carbocycles. The van der Waals surface area contributed by atoms with Gasteiger partial charge in [0.25, 0.3) is 0 Å². The first-order chi connectivity index (χ1) is 12.1. The van der Waals surface area contributed by atoms with E-state index in [2.05, 4.69) is 17.1 Å². The molecule has 0 spiro atoms. The standard InChI is InChI=1S/C18H27N3O4/c1-2-6-15-19-16(25-20-15)9-5-10-17(22)21-13-8-4-3-7-12(13)11-14(21)18(23)24/h12-14H,2-11H2,1H3,(H,23,24)/t12-,13-,14+/m1/s1. The van der Waals surface area contributed by atoms with Gasteiger partial charge < -0.3 is 14.5 Å². The van der Waals surface area contributed by atoms with Crippen LogP contribution < -0.4 is 0 Å². The van der Waals surface area contributed by atoms with Gasteiger partial charge in [0, 0.05) is 25.3 Å². The van der Waals surface area contributed by atoms with Crippen molar-refractivity contribution >= 4 is 11.9 Å². The number of carboxylic acid groups (broad SMARTS) is 1. The van der Waals surface area contributed by atoms with Gasteiger partial charge in [0.1, 0.15) is 6.04 Å². The Bertz CT molecular complexity index is 615. The first kappa shape index (κ1) is 17.9. The van der Waals surface area contributed by atoms with Crippen molar-refractivity contribution in [2.75, 3.05) is 0 Å². The zero-order chi connectivity index (χ0) is 17.8. The largest absolute Gasteiger partial charge is 0.480 e. The number of aryl methyl sites for hydroxylation is 2. The van der Waals surface area contributed by atoms with E-state index in [1.807, 2.05) is 0 Å². The van der Waals surface area contributed by atoms with Crippen LogP contribution in [0.4, 0.5) is 0 Å². The van der Waals surface area contributed by atoms with Crippen molar-refractivity contribution in [3.05, 3.63) is 11.7 Å². The zero-order valence-electron chi connectivity index (χ0n) is 14.8. The van der Waals surface area contributed by atoms with Crippen molar-refractivity contribution in [1.82, 2.24) is 15.0 Å². The molecule has 138 valence electrons. The summed E-state index contributed by atoms with van der Waals surface area (Å²) in [6.45, 7) is 2.06. The minimum Gasteiger partial charge on any atom is -0.480 e. The predicted molar refractivity (Wildman–Crippen MR) is 89.9 cm³/mol. The number of carbonyl (C=O) groups excluding carboxylic acids is 1. The molecular formula is C18H27N3O4. The summed E-state index contributed by atoms with van der Waals surface area (Å²) >= 11 is 0. The van der Waals surface area contributed by atoms with Crippen molar-refractivity contribution in [2.45, 2.75) is 83.2 Å². The molecule has 3 atom stereocenters. The molecule has 1 N–H and O–H groups in total. The first-order valence-corrected chi connectivity index (χ1v) is 9.45. The van der Waals surface area contributed by atoms with Crippen molar-refractivity contribution < 1.29 is 19.2 Å². The smallest absolute Gasteiger partial charge is 0.326 e. The number of nitrogens with zero attached hydrogens (tertiary/aromatic N) is 3. The monoisotopic (exact) mass is 349 g/mol. The number of amides is 1. The highest BCUT2D eigenvalue weighted by Gasteiger charge is 2.47. The summed E-state index contributed by atoms with van der Waals surface area (Å²) in [5.41, 5.74) is 0. The van der Waals surface area contributed by atoms with E-state index in [9.17, 15) is 14.7 Å². The van der Waals surface area contributed by atoms with E-state index < -0.39 is 12.0 Å². The highest BCUT2D eigenvalue weighted by molar-refractivity contribution is 5.84. The Morgan fingerprint density at radius 1 is 1.28 bits per heavy atom. The molecule has 7 heteroatoms. The van der Waals surface area contributed by atoms with Gasteiger partial charge in [-0.15, -0.1) is 0 Å². The number of aromatic nitrogens is 2. The Balaban J connectivity index is 1.56. The number of rotatable bonds is 7. The van der Waals surface area contributed by atoms with Gasteiger partial charge in [-0.05, 0) is 38.0 Å². The van der Waals surface area contributed by atoms with E-state index in [0.717, 1.165) is 38.5 Å². The molecule has 2 fully saturated rings. The van der Waals surface area contributed by atoms with E-state index in [4.69, 9.17) is 4.52 Å². The lowest BCUT2D eigenvalue weighted by Crippen LogP contribution is -2.46. The molecule has 1 aromatic heterocycles. The van der Waals surface area contributed by atoms with Gasteiger partial charge in [-0.2, -0.15) is 4.98 Å². The SMILES string of the molecule is CCCc1noc(CCCC(=O)N2[C@@H]3CCCC[C@@H]3C[C@H]2C(=O)O)n1. The lowest BCUT2D eigenvalue weighted by Gasteiger charge is -2.33.